The summed E-state index contributed by atoms with van der Waals surface area (Å²) >= 11 is 1.57. The van der Waals surface area contributed by atoms with Crippen LogP contribution in [0.5, 0.6) is 5.75 Å². The second-order valence-corrected chi connectivity index (χ2v) is 4.69. The summed E-state index contributed by atoms with van der Waals surface area (Å²) in [6, 6.07) is 9.47. The first-order valence-corrected chi connectivity index (χ1v) is 6.21. The van der Waals surface area contributed by atoms with E-state index in [1.165, 1.54) is 0 Å². The Morgan fingerprint density at radius 1 is 1.39 bits per heavy atom. The molecule has 0 atom stereocenters. The zero-order valence-electron chi connectivity index (χ0n) is 9.60. The maximum atomic E-state index is 8.86. The van der Waals surface area contributed by atoms with E-state index in [2.05, 4.69) is 16.0 Å². The topological polar surface area (TPSA) is 61.7 Å². The number of ether oxygens (including phenoxy) is 1. The van der Waals surface area contributed by atoms with Gasteiger partial charge in [-0.05, 0) is 18.2 Å². The number of H-pyrrole nitrogens is 1. The largest absolute Gasteiger partial charge is 0.496 e. The highest BCUT2D eigenvalue weighted by Gasteiger charge is 2.08. The Balaban J connectivity index is 2.10. The van der Waals surface area contributed by atoms with Gasteiger partial charge in [0, 0.05) is 11.4 Å². The van der Waals surface area contributed by atoms with Crippen molar-refractivity contribution in [3.05, 3.63) is 35.2 Å². The van der Waals surface area contributed by atoms with Crippen molar-refractivity contribution in [3.63, 3.8) is 0 Å². The van der Waals surface area contributed by atoms with Crippen molar-refractivity contribution in [1.29, 1.82) is 5.26 Å². The fourth-order valence-corrected chi connectivity index (χ4v) is 2.55. The molecule has 2 aromatic heterocycles. The standard InChI is InChI=1S/C13H9N3OS/c1-17-9-5-12(18-7-9)13-15-10-3-2-8(6-14)4-11(10)16-13/h2-5,7H,1H3,(H,15,16). The van der Waals surface area contributed by atoms with Gasteiger partial charge in [-0.15, -0.1) is 11.3 Å². The van der Waals surface area contributed by atoms with E-state index in [1.54, 1.807) is 30.6 Å². The van der Waals surface area contributed by atoms with Crippen molar-refractivity contribution < 1.29 is 4.74 Å². The number of aromatic nitrogens is 2. The number of nitrogens with one attached hydrogen (secondary N) is 1. The van der Waals surface area contributed by atoms with Gasteiger partial charge < -0.3 is 9.72 Å². The van der Waals surface area contributed by atoms with E-state index in [4.69, 9.17) is 10.00 Å². The molecular weight excluding hydrogens is 246 g/mol. The zero-order chi connectivity index (χ0) is 12.5. The SMILES string of the molecule is COc1csc(-c2nc3ccc(C#N)cc3[nH]2)c1. The van der Waals surface area contributed by atoms with Crippen LogP contribution in [0.3, 0.4) is 0 Å². The summed E-state index contributed by atoms with van der Waals surface area (Å²) in [6.45, 7) is 0. The predicted molar refractivity (Wildman–Crippen MR) is 70.7 cm³/mol. The lowest BCUT2D eigenvalue weighted by atomic mass is 10.2. The van der Waals surface area contributed by atoms with Crippen LogP contribution in [0.25, 0.3) is 21.7 Å². The summed E-state index contributed by atoms with van der Waals surface area (Å²) in [5.74, 6) is 1.63. The van der Waals surface area contributed by atoms with Gasteiger partial charge in [0.1, 0.15) is 11.6 Å². The van der Waals surface area contributed by atoms with Crippen LogP contribution in [0.15, 0.2) is 29.6 Å². The summed E-state index contributed by atoms with van der Waals surface area (Å²) in [5, 5.41) is 10.8. The van der Waals surface area contributed by atoms with Crippen molar-refractivity contribution in [1.82, 2.24) is 9.97 Å². The summed E-state index contributed by atoms with van der Waals surface area (Å²) in [6.07, 6.45) is 0. The Bertz CT molecular complexity index is 751. The number of imidazole rings is 1. The molecule has 88 valence electrons. The molecule has 4 nitrogen and oxygen atoms in total. The first-order valence-electron chi connectivity index (χ1n) is 5.33. The van der Waals surface area contributed by atoms with Crippen LogP contribution >= 0.6 is 11.3 Å². The molecule has 1 aromatic carbocycles. The minimum atomic E-state index is 0.626. The molecule has 0 saturated heterocycles. The van der Waals surface area contributed by atoms with E-state index in [0.29, 0.717) is 5.56 Å². The molecule has 18 heavy (non-hydrogen) atoms. The highest BCUT2D eigenvalue weighted by Crippen LogP contribution is 2.30. The first-order chi connectivity index (χ1) is 8.80. The van der Waals surface area contributed by atoms with Crippen LogP contribution < -0.4 is 4.74 Å². The van der Waals surface area contributed by atoms with Gasteiger partial charge in [0.25, 0.3) is 0 Å². The fraction of sp³-hybridized carbons (Fsp3) is 0.0769. The average molecular weight is 255 g/mol. The van der Waals surface area contributed by atoms with Crippen molar-refractivity contribution in [2.24, 2.45) is 0 Å². The van der Waals surface area contributed by atoms with E-state index in [-0.39, 0.29) is 0 Å². The number of methoxy groups -OCH3 is 1. The number of rotatable bonds is 2. The molecule has 0 aliphatic carbocycles. The van der Waals surface area contributed by atoms with Crippen molar-refractivity contribution in [3.8, 4) is 22.5 Å². The van der Waals surface area contributed by atoms with Crippen LogP contribution in [-0.4, -0.2) is 17.1 Å². The molecule has 2 heterocycles. The van der Waals surface area contributed by atoms with Gasteiger partial charge in [-0.25, -0.2) is 4.98 Å². The average Bonchev–Trinajstić information content (AvgIpc) is 3.03. The molecular formula is C13H9N3OS. The Kier molecular flexibility index (Phi) is 2.50. The lowest BCUT2D eigenvalue weighted by molar-refractivity contribution is 0.417. The molecule has 0 bridgehead atoms. The second-order valence-electron chi connectivity index (χ2n) is 3.78. The van der Waals surface area contributed by atoms with Crippen LogP contribution in [0.4, 0.5) is 0 Å². The summed E-state index contributed by atoms with van der Waals surface area (Å²) in [4.78, 5) is 8.73. The molecule has 0 saturated carbocycles. The van der Waals surface area contributed by atoms with Gasteiger partial charge in [0.05, 0.1) is 34.7 Å². The van der Waals surface area contributed by atoms with Crippen molar-refractivity contribution in [2.75, 3.05) is 7.11 Å². The van der Waals surface area contributed by atoms with Gasteiger partial charge in [-0.3, -0.25) is 0 Å². The number of fused-ring (bicyclic) bond motifs is 1. The third kappa shape index (κ3) is 1.73. The summed E-state index contributed by atoms with van der Waals surface area (Å²) in [7, 11) is 1.64. The molecule has 0 spiro atoms. The number of aromatic amines is 1. The van der Waals surface area contributed by atoms with E-state index in [0.717, 1.165) is 27.5 Å². The van der Waals surface area contributed by atoms with Gasteiger partial charge in [-0.2, -0.15) is 5.26 Å². The smallest absolute Gasteiger partial charge is 0.148 e. The molecule has 0 aliphatic heterocycles. The number of nitrogens with zero attached hydrogens (tertiary/aromatic N) is 2. The zero-order valence-corrected chi connectivity index (χ0v) is 10.4. The van der Waals surface area contributed by atoms with Crippen LogP contribution in [0, 0.1) is 11.3 Å². The van der Waals surface area contributed by atoms with Gasteiger partial charge in [-0.1, -0.05) is 0 Å². The Morgan fingerprint density at radius 2 is 2.28 bits per heavy atom. The van der Waals surface area contributed by atoms with E-state index in [9.17, 15) is 0 Å². The molecule has 0 aliphatic rings. The molecule has 1 N–H and O–H groups in total. The predicted octanol–water partition coefficient (Wildman–Crippen LogP) is 3.17. The molecule has 0 unspecified atom stereocenters. The Hall–Kier alpha value is -2.32. The van der Waals surface area contributed by atoms with E-state index in [1.807, 2.05) is 17.5 Å². The second kappa shape index (κ2) is 4.17. The number of benzene rings is 1. The Morgan fingerprint density at radius 3 is 3.00 bits per heavy atom. The van der Waals surface area contributed by atoms with Crippen molar-refractivity contribution >= 4 is 22.4 Å². The monoisotopic (exact) mass is 255 g/mol. The molecule has 0 radical (unpaired) electrons. The van der Waals surface area contributed by atoms with Gasteiger partial charge in [0.15, 0.2) is 0 Å². The van der Waals surface area contributed by atoms with Gasteiger partial charge in [0.2, 0.25) is 0 Å². The quantitative estimate of drug-likeness (QED) is 0.765. The maximum absolute atomic E-state index is 8.86. The highest BCUT2D eigenvalue weighted by molar-refractivity contribution is 7.13. The minimum Gasteiger partial charge on any atom is -0.496 e. The molecule has 0 amide bonds. The van der Waals surface area contributed by atoms with Crippen molar-refractivity contribution in [2.45, 2.75) is 0 Å². The highest BCUT2D eigenvalue weighted by atomic mass is 32.1. The molecule has 3 aromatic rings. The fourth-order valence-electron chi connectivity index (χ4n) is 1.75. The first kappa shape index (κ1) is 10.8. The summed E-state index contributed by atoms with van der Waals surface area (Å²) < 4.78 is 5.15. The number of nitriles is 1. The molecule has 5 heteroatoms. The van der Waals surface area contributed by atoms with E-state index >= 15 is 0 Å². The van der Waals surface area contributed by atoms with Crippen LogP contribution in [0.1, 0.15) is 5.56 Å². The molecule has 3 rings (SSSR count). The lowest BCUT2D eigenvalue weighted by Crippen LogP contribution is -1.77. The lowest BCUT2D eigenvalue weighted by Gasteiger charge is -1.90. The van der Waals surface area contributed by atoms with Crippen LogP contribution in [-0.2, 0) is 0 Å². The number of hydrogen-bond donors (Lipinski definition) is 1. The normalized spacial score (nSPS) is 10.4. The summed E-state index contributed by atoms with van der Waals surface area (Å²) in [5.41, 5.74) is 2.36. The molecule has 0 fully saturated rings. The van der Waals surface area contributed by atoms with Gasteiger partial charge >= 0.3 is 0 Å². The third-order valence-corrected chi connectivity index (χ3v) is 3.57. The Labute approximate surface area is 107 Å². The number of thiophene rings is 1. The van der Waals surface area contributed by atoms with E-state index < -0.39 is 0 Å². The third-order valence-electron chi connectivity index (χ3n) is 2.66. The minimum absolute atomic E-state index is 0.626. The van der Waals surface area contributed by atoms with Crippen LogP contribution in [0.2, 0.25) is 0 Å². The maximum Gasteiger partial charge on any atom is 0.148 e. The number of hydrogen-bond acceptors (Lipinski definition) is 4.